The Bertz CT molecular complexity index is 549. The van der Waals surface area contributed by atoms with Gasteiger partial charge in [0.05, 0.1) is 5.69 Å². The number of ketones is 1. The summed E-state index contributed by atoms with van der Waals surface area (Å²) in [5.74, 6) is 0.0145. The van der Waals surface area contributed by atoms with E-state index in [1.54, 1.807) is 0 Å². The minimum absolute atomic E-state index is 0.0222. The highest BCUT2D eigenvalue weighted by Gasteiger charge is 2.43. The molecule has 1 aromatic carbocycles. The van der Waals surface area contributed by atoms with Gasteiger partial charge in [-0.25, -0.2) is 0 Å². The molecule has 4 nitrogen and oxygen atoms in total. The SMILES string of the molecule is O=C1C(N=Nc2ccccc2)=C(O)C2CCCCC12. The number of azo groups is 1. The molecule has 0 spiro atoms. The Hall–Kier alpha value is -1.97. The lowest BCUT2D eigenvalue weighted by Gasteiger charge is -2.23. The largest absolute Gasteiger partial charge is 0.510 e. The molecule has 3 rings (SSSR count). The van der Waals surface area contributed by atoms with E-state index in [9.17, 15) is 9.90 Å². The van der Waals surface area contributed by atoms with E-state index in [0.29, 0.717) is 5.69 Å². The molecule has 1 saturated carbocycles. The van der Waals surface area contributed by atoms with Crippen LogP contribution in [0.1, 0.15) is 25.7 Å². The summed E-state index contributed by atoms with van der Waals surface area (Å²) < 4.78 is 0. The van der Waals surface area contributed by atoms with Crippen LogP contribution in [-0.4, -0.2) is 10.9 Å². The fourth-order valence-electron chi connectivity index (χ4n) is 2.95. The third kappa shape index (κ3) is 2.18. The van der Waals surface area contributed by atoms with Gasteiger partial charge in [-0.05, 0) is 25.0 Å². The number of allylic oxidation sites excluding steroid dienone is 2. The smallest absolute Gasteiger partial charge is 0.190 e. The summed E-state index contributed by atoms with van der Waals surface area (Å²) in [5, 5.41) is 18.2. The number of carbonyl (C=O) groups excluding carboxylic acids is 1. The van der Waals surface area contributed by atoms with Crippen molar-refractivity contribution in [2.75, 3.05) is 0 Å². The highest BCUT2D eigenvalue weighted by atomic mass is 16.3. The highest BCUT2D eigenvalue weighted by molar-refractivity contribution is 6.00. The van der Waals surface area contributed by atoms with Gasteiger partial charge < -0.3 is 5.11 Å². The summed E-state index contributed by atoms with van der Waals surface area (Å²) in [5.41, 5.74) is 0.853. The summed E-state index contributed by atoms with van der Waals surface area (Å²) in [6.45, 7) is 0. The summed E-state index contributed by atoms with van der Waals surface area (Å²) in [7, 11) is 0. The van der Waals surface area contributed by atoms with Gasteiger partial charge in [-0.15, -0.1) is 5.11 Å². The van der Waals surface area contributed by atoms with Crippen LogP contribution in [0, 0.1) is 11.8 Å². The monoisotopic (exact) mass is 256 g/mol. The van der Waals surface area contributed by atoms with Crippen molar-refractivity contribution in [1.82, 2.24) is 0 Å². The average Bonchev–Trinajstić information content (AvgIpc) is 2.71. The van der Waals surface area contributed by atoms with Crippen LogP contribution in [0.2, 0.25) is 0 Å². The van der Waals surface area contributed by atoms with Crippen molar-refractivity contribution in [3.63, 3.8) is 0 Å². The number of rotatable bonds is 2. The number of aliphatic hydroxyl groups excluding tert-OH is 1. The normalized spacial score (nSPS) is 27.1. The fraction of sp³-hybridized carbons (Fsp3) is 0.400. The van der Waals surface area contributed by atoms with Gasteiger partial charge in [-0.1, -0.05) is 31.0 Å². The Labute approximate surface area is 111 Å². The second-order valence-corrected chi connectivity index (χ2v) is 5.13. The fourth-order valence-corrected chi connectivity index (χ4v) is 2.95. The molecule has 0 saturated heterocycles. The van der Waals surface area contributed by atoms with E-state index < -0.39 is 0 Å². The number of benzene rings is 1. The number of aliphatic hydroxyl groups is 1. The van der Waals surface area contributed by atoms with Crippen molar-refractivity contribution < 1.29 is 9.90 Å². The molecule has 0 radical (unpaired) electrons. The first-order valence-electron chi connectivity index (χ1n) is 6.71. The zero-order chi connectivity index (χ0) is 13.2. The molecule has 4 heteroatoms. The van der Waals surface area contributed by atoms with Crippen LogP contribution >= 0.6 is 0 Å². The van der Waals surface area contributed by atoms with Gasteiger partial charge in [-0.3, -0.25) is 4.79 Å². The van der Waals surface area contributed by atoms with Gasteiger partial charge in [0, 0.05) is 11.8 Å². The lowest BCUT2D eigenvalue weighted by atomic mass is 9.80. The van der Waals surface area contributed by atoms with Crippen molar-refractivity contribution in [1.29, 1.82) is 0 Å². The molecule has 2 unspecified atom stereocenters. The van der Waals surface area contributed by atoms with Crippen LogP contribution in [0.15, 0.2) is 52.0 Å². The van der Waals surface area contributed by atoms with Crippen LogP contribution in [0.4, 0.5) is 5.69 Å². The summed E-state index contributed by atoms with van der Waals surface area (Å²) >= 11 is 0. The van der Waals surface area contributed by atoms with E-state index in [-0.39, 0.29) is 29.1 Å². The molecule has 0 aliphatic heterocycles. The van der Waals surface area contributed by atoms with Crippen LogP contribution < -0.4 is 0 Å². The molecule has 0 aromatic heterocycles. The Morgan fingerprint density at radius 1 is 1.00 bits per heavy atom. The van der Waals surface area contributed by atoms with E-state index in [2.05, 4.69) is 10.2 Å². The van der Waals surface area contributed by atoms with Crippen LogP contribution in [0.25, 0.3) is 0 Å². The third-order valence-corrected chi connectivity index (χ3v) is 3.95. The van der Waals surface area contributed by atoms with E-state index in [0.717, 1.165) is 25.7 Å². The molecule has 0 bridgehead atoms. The van der Waals surface area contributed by atoms with E-state index in [1.807, 2.05) is 30.3 Å². The quantitative estimate of drug-likeness (QED) is 0.815. The summed E-state index contributed by atoms with van der Waals surface area (Å²) in [6, 6.07) is 9.24. The second kappa shape index (κ2) is 4.96. The molecule has 2 aliphatic carbocycles. The van der Waals surface area contributed by atoms with E-state index in [1.165, 1.54) is 0 Å². The molecule has 1 aromatic rings. The molecule has 1 N–H and O–H groups in total. The third-order valence-electron chi connectivity index (χ3n) is 3.95. The van der Waals surface area contributed by atoms with Crippen molar-refractivity contribution >= 4 is 11.5 Å². The van der Waals surface area contributed by atoms with Crippen molar-refractivity contribution in [2.24, 2.45) is 22.1 Å². The number of hydrogen-bond acceptors (Lipinski definition) is 4. The molecule has 2 atom stereocenters. The standard InChI is InChI=1S/C15H16N2O2/c18-14-11-8-4-5-9-12(11)15(19)13(14)17-16-10-6-2-1-3-7-10/h1-3,6-7,11-12,18H,4-5,8-9H2. The van der Waals surface area contributed by atoms with Crippen molar-refractivity contribution in [3.05, 3.63) is 41.8 Å². The number of carbonyl (C=O) groups is 1. The minimum atomic E-state index is -0.0709. The molecule has 19 heavy (non-hydrogen) atoms. The van der Waals surface area contributed by atoms with E-state index in [4.69, 9.17) is 0 Å². The number of nitrogens with zero attached hydrogens (tertiary/aromatic N) is 2. The number of hydrogen-bond donors (Lipinski definition) is 1. The van der Waals surface area contributed by atoms with Gasteiger partial charge in [0.25, 0.3) is 0 Å². The molecule has 98 valence electrons. The lowest BCUT2D eigenvalue weighted by molar-refractivity contribution is -0.120. The number of Topliss-reactive ketones (excluding diaryl/α,β-unsaturated/α-hetero) is 1. The molecular weight excluding hydrogens is 240 g/mol. The lowest BCUT2D eigenvalue weighted by Crippen LogP contribution is -2.21. The second-order valence-electron chi connectivity index (χ2n) is 5.13. The number of fused-ring (bicyclic) bond motifs is 1. The van der Waals surface area contributed by atoms with Gasteiger partial charge in [0.2, 0.25) is 0 Å². The first-order chi connectivity index (χ1) is 9.27. The zero-order valence-corrected chi connectivity index (χ0v) is 10.6. The summed E-state index contributed by atoms with van der Waals surface area (Å²) in [6.07, 6.45) is 3.87. The zero-order valence-electron chi connectivity index (χ0n) is 10.6. The highest BCUT2D eigenvalue weighted by Crippen LogP contribution is 2.43. The predicted octanol–water partition coefficient (Wildman–Crippen LogP) is 3.93. The van der Waals surface area contributed by atoms with Crippen molar-refractivity contribution in [2.45, 2.75) is 25.7 Å². The van der Waals surface area contributed by atoms with Crippen LogP contribution in [-0.2, 0) is 4.79 Å². The summed E-state index contributed by atoms with van der Waals surface area (Å²) in [4.78, 5) is 12.2. The Morgan fingerprint density at radius 2 is 1.68 bits per heavy atom. The van der Waals surface area contributed by atoms with Gasteiger partial charge in [0.15, 0.2) is 11.5 Å². The maximum atomic E-state index is 12.2. The molecule has 0 heterocycles. The molecular formula is C15H16N2O2. The topological polar surface area (TPSA) is 62.0 Å². The Morgan fingerprint density at radius 3 is 2.37 bits per heavy atom. The van der Waals surface area contributed by atoms with Crippen LogP contribution in [0.5, 0.6) is 0 Å². The maximum Gasteiger partial charge on any atom is 0.190 e. The minimum Gasteiger partial charge on any atom is -0.510 e. The predicted molar refractivity (Wildman–Crippen MR) is 71.1 cm³/mol. The van der Waals surface area contributed by atoms with Gasteiger partial charge in [0.1, 0.15) is 5.76 Å². The Kier molecular flexibility index (Phi) is 3.15. The maximum absolute atomic E-state index is 12.2. The first-order valence-corrected chi connectivity index (χ1v) is 6.71. The van der Waals surface area contributed by atoms with Crippen LogP contribution in [0.3, 0.4) is 0 Å². The van der Waals surface area contributed by atoms with Crippen molar-refractivity contribution in [3.8, 4) is 0 Å². The Balaban J connectivity index is 1.86. The van der Waals surface area contributed by atoms with E-state index >= 15 is 0 Å². The molecule has 1 fully saturated rings. The van der Waals surface area contributed by atoms with Gasteiger partial charge in [-0.2, -0.15) is 5.11 Å². The van der Waals surface area contributed by atoms with Gasteiger partial charge >= 0.3 is 0 Å². The molecule has 0 amide bonds. The average molecular weight is 256 g/mol. The first kappa shape index (κ1) is 12.1. The molecule has 2 aliphatic rings.